The van der Waals surface area contributed by atoms with Gasteiger partial charge in [0.1, 0.15) is 6.07 Å². The fourth-order valence-corrected chi connectivity index (χ4v) is 2.21. The van der Waals surface area contributed by atoms with Crippen LogP contribution in [0.1, 0.15) is 15.9 Å². The number of hydrogen-bond donors (Lipinski definition) is 0. The lowest BCUT2D eigenvalue weighted by molar-refractivity contribution is -0.136. The Morgan fingerprint density at radius 1 is 1.15 bits per heavy atom. The summed E-state index contributed by atoms with van der Waals surface area (Å²) in [7, 11) is 1.47. The van der Waals surface area contributed by atoms with Gasteiger partial charge in [-0.1, -0.05) is 17.7 Å². The Balaban J connectivity index is 1.93. The van der Waals surface area contributed by atoms with Gasteiger partial charge >= 0.3 is 5.97 Å². The average Bonchev–Trinajstić information content (AvgIpc) is 2.69. The zero-order valence-corrected chi connectivity index (χ0v) is 15.2. The Kier molecular flexibility index (Phi) is 7.41. The van der Waals surface area contributed by atoms with E-state index < -0.39 is 5.97 Å². The summed E-state index contributed by atoms with van der Waals surface area (Å²) in [5, 5.41) is 9.08. The van der Waals surface area contributed by atoms with E-state index in [1.54, 1.807) is 42.5 Å². The summed E-state index contributed by atoms with van der Waals surface area (Å²) in [6.45, 7) is -0.464. The van der Waals surface area contributed by atoms with Crippen LogP contribution in [0.2, 0.25) is 5.02 Å². The first-order chi connectivity index (χ1) is 13.0. The molecule has 0 bridgehead atoms. The standard InChI is InChI=1S/C20H16ClNO5/c1-25-19-12-14(2-8-18(19)26-11-10-22)3-9-20(24)27-13-17(23)15-4-6-16(21)7-5-15/h2-9,12H,11,13H2,1H3/b9-3+. The maximum atomic E-state index is 11.9. The molecule has 2 aromatic carbocycles. The first-order valence-corrected chi connectivity index (χ1v) is 8.22. The van der Waals surface area contributed by atoms with Crippen LogP contribution in [0, 0.1) is 11.3 Å². The second kappa shape index (κ2) is 10.00. The zero-order chi connectivity index (χ0) is 19.6. The number of rotatable bonds is 8. The Bertz CT molecular complexity index is 884. The topological polar surface area (TPSA) is 85.6 Å². The third-order valence-corrected chi connectivity index (χ3v) is 3.66. The number of ether oxygens (including phenoxy) is 3. The summed E-state index contributed by atoms with van der Waals surface area (Å²) in [6, 6.07) is 13.2. The minimum absolute atomic E-state index is 0.0977. The molecule has 0 N–H and O–H groups in total. The molecular weight excluding hydrogens is 370 g/mol. The predicted octanol–water partition coefficient (Wildman–Crippen LogP) is 3.69. The molecule has 2 rings (SSSR count). The first-order valence-electron chi connectivity index (χ1n) is 7.85. The molecule has 138 valence electrons. The summed E-state index contributed by atoms with van der Waals surface area (Å²) in [4.78, 5) is 23.7. The van der Waals surface area contributed by atoms with Crippen LogP contribution >= 0.6 is 11.6 Å². The maximum absolute atomic E-state index is 11.9. The predicted molar refractivity (Wildman–Crippen MR) is 99.9 cm³/mol. The summed E-state index contributed by atoms with van der Waals surface area (Å²) in [5.74, 6) is -0.124. The third kappa shape index (κ3) is 6.17. The molecule has 6 nitrogen and oxygen atoms in total. The highest BCUT2D eigenvalue weighted by molar-refractivity contribution is 6.30. The summed E-state index contributed by atoms with van der Waals surface area (Å²) >= 11 is 5.76. The monoisotopic (exact) mass is 385 g/mol. The van der Waals surface area contributed by atoms with Crippen molar-refractivity contribution < 1.29 is 23.8 Å². The van der Waals surface area contributed by atoms with Gasteiger partial charge < -0.3 is 14.2 Å². The quantitative estimate of drug-likeness (QED) is 0.391. The molecule has 0 spiro atoms. The molecule has 0 aliphatic rings. The summed E-state index contributed by atoms with van der Waals surface area (Å²) in [6.07, 6.45) is 2.73. The molecule has 0 atom stereocenters. The van der Waals surface area contributed by atoms with Gasteiger partial charge in [-0.05, 0) is 48.0 Å². The van der Waals surface area contributed by atoms with E-state index in [0.717, 1.165) is 0 Å². The molecule has 0 heterocycles. The minimum Gasteiger partial charge on any atom is -0.493 e. The second-order valence-corrected chi connectivity index (χ2v) is 5.66. The van der Waals surface area contributed by atoms with Crippen molar-refractivity contribution in [3.05, 3.63) is 64.7 Å². The smallest absolute Gasteiger partial charge is 0.331 e. The van der Waals surface area contributed by atoms with Gasteiger partial charge in [0, 0.05) is 16.7 Å². The molecule has 0 saturated carbocycles. The van der Waals surface area contributed by atoms with Gasteiger partial charge in [0.2, 0.25) is 0 Å². The summed E-state index contributed by atoms with van der Waals surface area (Å²) < 4.78 is 15.4. The number of esters is 1. The maximum Gasteiger partial charge on any atom is 0.331 e. The zero-order valence-electron chi connectivity index (χ0n) is 14.5. The van der Waals surface area contributed by atoms with Gasteiger partial charge in [0.05, 0.1) is 7.11 Å². The van der Waals surface area contributed by atoms with Gasteiger partial charge in [-0.15, -0.1) is 0 Å². The van der Waals surface area contributed by atoms with Crippen molar-refractivity contribution in [1.29, 1.82) is 5.26 Å². The number of Topliss-reactive ketones (excluding diaryl/α,β-unsaturated/α-hetero) is 1. The highest BCUT2D eigenvalue weighted by atomic mass is 35.5. The normalized spacial score (nSPS) is 10.3. The molecule has 0 aromatic heterocycles. The van der Waals surface area contributed by atoms with Crippen LogP contribution in [0.5, 0.6) is 11.5 Å². The lowest BCUT2D eigenvalue weighted by Gasteiger charge is -2.08. The molecule has 0 aliphatic heterocycles. The number of hydrogen-bond acceptors (Lipinski definition) is 6. The molecule has 0 aliphatic carbocycles. The van der Waals surface area contributed by atoms with Crippen LogP contribution in [-0.4, -0.2) is 32.1 Å². The Morgan fingerprint density at radius 3 is 2.56 bits per heavy atom. The average molecular weight is 386 g/mol. The molecule has 0 fully saturated rings. The van der Waals surface area contributed by atoms with Gasteiger partial charge in [-0.2, -0.15) is 5.26 Å². The number of methoxy groups -OCH3 is 1. The summed E-state index contributed by atoms with van der Waals surface area (Å²) in [5.41, 5.74) is 1.08. The molecule has 27 heavy (non-hydrogen) atoms. The van der Waals surface area contributed by atoms with E-state index in [0.29, 0.717) is 27.6 Å². The Labute approximate surface area is 161 Å². The van der Waals surface area contributed by atoms with Crippen LogP contribution in [0.4, 0.5) is 0 Å². The second-order valence-electron chi connectivity index (χ2n) is 5.23. The fourth-order valence-electron chi connectivity index (χ4n) is 2.09. The lowest BCUT2D eigenvalue weighted by Crippen LogP contribution is -2.12. The number of benzene rings is 2. The number of ketones is 1. The van der Waals surface area contributed by atoms with Gasteiger partial charge in [-0.25, -0.2) is 4.79 Å². The van der Waals surface area contributed by atoms with Crippen molar-refractivity contribution in [3.63, 3.8) is 0 Å². The van der Waals surface area contributed by atoms with Crippen LogP contribution < -0.4 is 9.47 Å². The first kappa shape index (κ1) is 20.0. The van der Waals surface area contributed by atoms with Gasteiger partial charge in [0.25, 0.3) is 0 Å². The Hall–Kier alpha value is -3.30. The van der Waals surface area contributed by atoms with E-state index in [4.69, 9.17) is 31.1 Å². The highest BCUT2D eigenvalue weighted by Crippen LogP contribution is 2.28. The van der Waals surface area contributed by atoms with Crippen molar-refractivity contribution in [3.8, 4) is 17.6 Å². The SMILES string of the molecule is COc1cc(/C=C/C(=O)OCC(=O)c2ccc(Cl)cc2)ccc1OCC#N. The lowest BCUT2D eigenvalue weighted by atomic mass is 10.1. The van der Waals surface area contributed by atoms with E-state index >= 15 is 0 Å². The van der Waals surface area contributed by atoms with Gasteiger partial charge in [-0.3, -0.25) is 4.79 Å². The number of carbonyl (C=O) groups excluding carboxylic acids is 2. The number of nitrogens with zero attached hydrogens (tertiary/aromatic N) is 1. The molecule has 0 unspecified atom stereocenters. The van der Waals surface area contributed by atoms with E-state index in [-0.39, 0.29) is 19.0 Å². The highest BCUT2D eigenvalue weighted by Gasteiger charge is 2.09. The largest absolute Gasteiger partial charge is 0.493 e. The van der Waals surface area contributed by atoms with Crippen molar-refractivity contribution in [2.45, 2.75) is 0 Å². The molecule has 0 amide bonds. The van der Waals surface area contributed by atoms with E-state index in [1.807, 2.05) is 6.07 Å². The van der Waals surface area contributed by atoms with Gasteiger partial charge in [0.15, 0.2) is 30.5 Å². The fraction of sp³-hybridized carbons (Fsp3) is 0.150. The number of halogens is 1. The molecule has 7 heteroatoms. The third-order valence-electron chi connectivity index (χ3n) is 3.40. The number of carbonyl (C=O) groups is 2. The van der Waals surface area contributed by atoms with Crippen molar-refractivity contribution in [2.75, 3.05) is 20.3 Å². The van der Waals surface area contributed by atoms with Crippen LogP contribution in [0.3, 0.4) is 0 Å². The Morgan fingerprint density at radius 2 is 1.89 bits per heavy atom. The minimum atomic E-state index is -0.652. The van der Waals surface area contributed by atoms with E-state index in [2.05, 4.69) is 0 Å². The molecule has 2 aromatic rings. The van der Waals surface area contributed by atoms with Crippen LogP contribution in [0.15, 0.2) is 48.5 Å². The molecule has 0 radical (unpaired) electrons. The molecule has 0 saturated heterocycles. The molecular formula is C20H16ClNO5. The van der Waals surface area contributed by atoms with E-state index in [9.17, 15) is 9.59 Å². The van der Waals surface area contributed by atoms with Crippen molar-refractivity contribution in [1.82, 2.24) is 0 Å². The van der Waals surface area contributed by atoms with Crippen molar-refractivity contribution in [2.24, 2.45) is 0 Å². The van der Waals surface area contributed by atoms with Crippen LogP contribution in [-0.2, 0) is 9.53 Å². The number of nitriles is 1. The van der Waals surface area contributed by atoms with E-state index in [1.165, 1.54) is 19.3 Å². The van der Waals surface area contributed by atoms with Crippen molar-refractivity contribution >= 4 is 29.4 Å². The van der Waals surface area contributed by atoms with Crippen LogP contribution in [0.25, 0.3) is 6.08 Å².